The van der Waals surface area contributed by atoms with Gasteiger partial charge in [0, 0.05) is 31.7 Å². The Morgan fingerprint density at radius 3 is 2.71 bits per heavy atom. The standard InChI is InChI=1S/C13H18N2O2/c1-10-3-4-11(9-12(10)17-2)13(16)15-7-5-14-6-8-15/h3-4,9,14H,5-8H2,1-2H3. The molecule has 4 heteroatoms. The Balaban J connectivity index is 2.18. The minimum atomic E-state index is 0.0878. The lowest BCUT2D eigenvalue weighted by molar-refractivity contribution is 0.0735. The number of hydrogen-bond acceptors (Lipinski definition) is 3. The van der Waals surface area contributed by atoms with Crippen molar-refractivity contribution in [2.45, 2.75) is 6.92 Å². The van der Waals surface area contributed by atoms with Crippen molar-refractivity contribution in [3.8, 4) is 5.75 Å². The first-order chi connectivity index (χ1) is 8.22. The molecular formula is C13H18N2O2. The number of aryl methyl sites for hydroxylation is 1. The summed E-state index contributed by atoms with van der Waals surface area (Å²) in [7, 11) is 1.63. The lowest BCUT2D eigenvalue weighted by Crippen LogP contribution is -2.46. The lowest BCUT2D eigenvalue weighted by atomic mass is 10.1. The van der Waals surface area contributed by atoms with Gasteiger partial charge in [0.2, 0.25) is 0 Å². The third-order valence-electron chi connectivity index (χ3n) is 3.06. The molecular weight excluding hydrogens is 216 g/mol. The van der Waals surface area contributed by atoms with E-state index in [2.05, 4.69) is 5.32 Å². The van der Waals surface area contributed by atoms with Gasteiger partial charge in [-0.15, -0.1) is 0 Å². The van der Waals surface area contributed by atoms with Crippen LogP contribution < -0.4 is 10.1 Å². The molecule has 0 saturated carbocycles. The van der Waals surface area contributed by atoms with Crippen molar-refractivity contribution in [3.05, 3.63) is 29.3 Å². The zero-order valence-corrected chi connectivity index (χ0v) is 10.3. The van der Waals surface area contributed by atoms with Crippen molar-refractivity contribution in [2.24, 2.45) is 0 Å². The average Bonchev–Trinajstić information content (AvgIpc) is 2.39. The van der Waals surface area contributed by atoms with Gasteiger partial charge >= 0.3 is 0 Å². The van der Waals surface area contributed by atoms with Crippen molar-refractivity contribution in [1.82, 2.24) is 10.2 Å². The molecule has 1 saturated heterocycles. The van der Waals surface area contributed by atoms with E-state index in [1.165, 1.54) is 0 Å². The molecule has 0 bridgehead atoms. The molecule has 0 unspecified atom stereocenters. The molecule has 1 aliphatic rings. The highest BCUT2D eigenvalue weighted by atomic mass is 16.5. The number of amides is 1. The number of hydrogen-bond donors (Lipinski definition) is 1. The second-order valence-corrected chi connectivity index (χ2v) is 4.23. The Hall–Kier alpha value is -1.55. The van der Waals surface area contributed by atoms with E-state index < -0.39 is 0 Å². The SMILES string of the molecule is COc1cc(C(=O)N2CCNCC2)ccc1C. The number of carbonyl (C=O) groups excluding carboxylic acids is 1. The fourth-order valence-corrected chi connectivity index (χ4v) is 2.00. The molecule has 4 nitrogen and oxygen atoms in total. The minimum Gasteiger partial charge on any atom is -0.496 e. The van der Waals surface area contributed by atoms with Gasteiger partial charge in [0.05, 0.1) is 7.11 Å². The van der Waals surface area contributed by atoms with Gasteiger partial charge in [0.25, 0.3) is 5.91 Å². The van der Waals surface area contributed by atoms with Crippen LogP contribution in [-0.4, -0.2) is 44.1 Å². The summed E-state index contributed by atoms with van der Waals surface area (Å²) in [5.41, 5.74) is 1.75. The van der Waals surface area contributed by atoms with E-state index in [4.69, 9.17) is 4.74 Å². The number of methoxy groups -OCH3 is 1. The Morgan fingerprint density at radius 1 is 1.35 bits per heavy atom. The Bertz CT molecular complexity index is 412. The summed E-state index contributed by atoms with van der Waals surface area (Å²) < 4.78 is 5.24. The maximum absolute atomic E-state index is 12.2. The number of ether oxygens (including phenoxy) is 1. The molecule has 0 aliphatic carbocycles. The molecule has 1 heterocycles. The lowest BCUT2D eigenvalue weighted by Gasteiger charge is -2.27. The normalized spacial score (nSPS) is 15.8. The van der Waals surface area contributed by atoms with Crippen molar-refractivity contribution in [3.63, 3.8) is 0 Å². The van der Waals surface area contributed by atoms with E-state index in [0.29, 0.717) is 5.56 Å². The van der Waals surface area contributed by atoms with E-state index in [-0.39, 0.29) is 5.91 Å². The van der Waals surface area contributed by atoms with Crippen LogP contribution in [0.15, 0.2) is 18.2 Å². The number of piperazine rings is 1. The first kappa shape index (κ1) is 11.9. The molecule has 2 rings (SSSR count). The highest BCUT2D eigenvalue weighted by Crippen LogP contribution is 2.20. The zero-order chi connectivity index (χ0) is 12.3. The molecule has 1 N–H and O–H groups in total. The van der Waals surface area contributed by atoms with Crippen LogP contribution in [0.3, 0.4) is 0 Å². The molecule has 17 heavy (non-hydrogen) atoms. The molecule has 1 amide bonds. The molecule has 0 atom stereocenters. The summed E-state index contributed by atoms with van der Waals surface area (Å²) >= 11 is 0. The van der Waals surface area contributed by atoms with Crippen LogP contribution in [0.2, 0.25) is 0 Å². The van der Waals surface area contributed by atoms with Gasteiger partial charge in [-0.05, 0) is 24.6 Å². The van der Waals surface area contributed by atoms with Gasteiger partial charge in [0.15, 0.2) is 0 Å². The molecule has 1 aromatic rings. The summed E-state index contributed by atoms with van der Waals surface area (Å²) in [6.07, 6.45) is 0. The number of rotatable bonds is 2. The predicted molar refractivity (Wildman–Crippen MR) is 66.5 cm³/mol. The smallest absolute Gasteiger partial charge is 0.254 e. The Kier molecular flexibility index (Phi) is 3.64. The van der Waals surface area contributed by atoms with E-state index in [9.17, 15) is 4.79 Å². The molecule has 0 spiro atoms. The summed E-state index contributed by atoms with van der Waals surface area (Å²) in [6.45, 7) is 5.26. The molecule has 1 aliphatic heterocycles. The highest BCUT2D eigenvalue weighted by molar-refractivity contribution is 5.94. The van der Waals surface area contributed by atoms with E-state index >= 15 is 0 Å². The third kappa shape index (κ3) is 2.58. The van der Waals surface area contributed by atoms with Gasteiger partial charge in [-0.2, -0.15) is 0 Å². The molecule has 92 valence electrons. The molecule has 0 aromatic heterocycles. The van der Waals surface area contributed by atoms with E-state index in [0.717, 1.165) is 37.5 Å². The Labute approximate surface area is 102 Å². The first-order valence-electron chi connectivity index (χ1n) is 5.87. The topological polar surface area (TPSA) is 41.6 Å². The summed E-state index contributed by atoms with van der Waals surface area (Å²) in [5.74, 6) is 0.857. The number of nitrogens with one attached hydrogen (secondary N) is 1. The van der Waals surface area contributed by atoms with Crippen molar-refractivity contribution in [2.75, 3.05) is 33.3 Å². The van der Waals surface area contributed by atoms with Crippen LogP contribution in [0.1, 0.15) is 15.9 Å². The van der Waals surface area contributed by atoms with Crippen LogP contribution in [0.25, 0.3) is 0 Å². The first-order valence-corrected chi connectivity index (χ1v) is 5.87. The van der Waals surface area contributed by atoms with Gasteiger partial charge in [-0.25, -0.2) is 0 Å². The quantitative estimate of drug-likeness (QED) is 0.831. The Morgan fingerprint density at radius 2 is 2.06 bits per heavy atom. The van der Waals surface area contributed by atoms with Gasteiger partial charge < -0.3 is 15.0 Å². The van der Waals surface area contributed by atoms with E-state index in [1.54, 1.807) is 7.11 Å². The summed E-state index contributed by atoms with van der Waals surface area (Å²) in [4.78, 5) is 14.1. The van der Waals surface area contributed by atoms with Gasteiger partial charge in [-0.3, -0.25) is 4.79 Å². The van der Waals surface area contributed by atoms with Crippen LogP contribution in [0, 0.1) is 6.92 Å². The summed E-state index contributed by atoms with van der Waals surface area (Å²) in [6, 6.07) is 5.61. The average molecular weight is 234 g/mol. The van der Waals surface area contributed by atoms with Crippen molar-refractivity contribution in [1.29, 1.82) is 0 Å². The van der Waals surface area contributed by atoms with E-state index in [1.807, 2.05) is 30.0 Å². The molecule has 1 fully saturated rings. The molecule has 1 aromatic carbocycles. The van der Waals surface area contributed by atoms with Crippen LogP contribution in [0.5, 0.6) is 5.75 Å². The maximum atomic E-state index is 12.2. The fraction of sp³-hybridized carbons (Fsp3) is 0.462. The second kappa shape index (κ2) is 5.19. The number of nitrogens with zero attached hydrogens (tertiary/aromatic N) is 1. The zero-order valence-electron chi connectivity index (χ0n) is 10.3. The molecule has 0 radical (unpaired) electrons. The third-order valence-corrected chi connectivity index (χ3v) is 3.06. The van der Waals surface area contributed by atoms with Crippen molar-refractivity contribution < 1.29 is 9.53 Å². The van der Waals surface area contributed by atoms with Crippen molar-refractivity contribution >= 4 is 5.91 Å². The van der Waals surface area contributed by atoms with Crippen LogP contribution >= 0.6 is 0 Å². The van der Waals surface area contributed by atoms with Gasteiger partial charge in [-0.1, -0.05) is 6.07 Å². The highest BCUT2D eigenvalue weighted by Gasteiger charge is 2.18. The number of carbonyl (C=O) groups is 1. The summed E-state index contributed by atoms with van der Waals surface area (Å²) in [5, 5.41) is 3.23. The fourth-order valence-electron chi connectivity index (χ4n) is 2.00. The van der Waals surface area contributed by atoms with Crippen LogP contribution in [0.4, 0.5) is 0 Å². The maximum Gasteiger partial charge on any atom is 0.254 e. The largest absolute Gasteiger partial charge is 0.496 e. The number of benzene rings is 1. The minimum absolute atomic E-state index is 0.0878. The van der Waals surface area contributed by atoms with Crippen LogP contribution in [-0.2, 0) is 0 Å². The van der Waals surface area contributed by atoms with Gasteiger partial charge in [0.1, 0.15) is 5.75 Å². The second-order valence-electron chi connectivity index (χ2n) is 4.23. The predicted octanol–water partition coefficient (Wildman–Crippen LogP) is 1.05. The monoisotopic (exact) mass is 234 g/mol.